The number of nitrogens with zero attached hydrogens (tertiary/aromatic N) is 1. The Labute approximate surface area is 53.7 Å². The molecule has 0 aliphatic heterocycles. The highest BCUT2D eigenvalue weighted by Gasteiger charge is 1.92. The fourth-order valence-corrected chi connectivity index (χ4v) is 0.414. The number of aliphatic hydroxyl groups excluding tert-OH is 1. The van der Waals surface area contributed by atoms with E-state index >= 15 is 0 Å². The lowest BCUT2D eigenvalue weighted by Gasteiger charge is -1.95. The van der Waals surface area contributed by atoms with Crippen LogP contribution < -0.4 is 0 Å². The topological polar surface area (TPSA) is 49.7 Å². The van der Waals surface area contributed by atoms with Gasteiger partial charge in [0, 0.05) is 0 Å². The van der Waals surface area contributed by atoms with E-state index in [-0.39, 0.29) is 6.54 Å². The maximum atomic E-state index is 9.49. The molecule has 3 heteroatoms. The summed E-state index contributed by atoms with van der Waals surface area (Å²) in [6.45, 7) is 1.89. The minimum absolute atomic E-state index is 0.105. The highest BCUT2D eigenvalue weighted by atomic mass is 16.3. The van der Waals surface area contributed by atoms with Crippen LogP contribution in [-0.2, 0) is 4.79 Å². The Kier molecular flexibility index (Phi) is 4.69. The molecule has 0 fully saturated rings. The van der Waals surface area contributed by atoms with E-state index in [2.05, 4.69) is 4.99 Å². The Bertz CT molecular complexity index is 136. The van der Waals surface area contributed by atoms with E-state index in [1.807, 2.05) is 0 Å². The summed E-state index contributed by atoms with van der Waals surface area (Å²) in [4.78, 5) is 12.7. The van der Waals surface area contributed by atoms with Gasteiger partial charge in [-0.25, -0.2) is 9.79 Å². The lowest BCUT2D eigenvalue weighted by Crippen LogP contribution is -2.05. The summed E-state index contributed by atoms with van der Waals surface area (Å²) in [6, 6.07) is 0. The first-order valence-electron chi connectivity index (χ1n) is 2.65. The molecule has 1 atom stereocenters. The third-order valence-corrected chi connectivity index (χ3v) is 0.757. The van der Waals surface area contributed by atoms with Crippen molar-refractivity contribution in [1.82, 2.24) is 0 Å². The number of hydrogen-bond donors (Lipinski definition) is 1. The molecule has 0 amide bonds. The van der Waals surface area contributed by atoms with Crippen LogP contribution in [0.3, 0.4) is 0 Å². The monoisotopic (exact) mass is 127 g/mol. The number of hydrogen-bond acceptors (Lipinski definition) is 3. The third-order valence-electron chi connectivity index (χ3n) is 0.757. The van der Waals surface area contributed by atoms with Gasteiger partial charge in [0.2, 0.25) is 6.08 Å². The van der Waals surface area contributed by atoms with Gasteiger partial charge in [-0.2, -0.15) is 0 Å². The van der Waals surface area contributed by atoms with Crippen LogP contribution in [0, 0.1) is 0 Å². The average Bonchev–Trinajstić information content (AvgIpc) is 1.85. The van der Waals surface area contributed by atoms with Crippen molar-refractivity contribution in [3.8, 4) is 0 Å². The minimum Gasteiger partial charge on any atom is -0.387 e. The van der Waals surface area contributed by atoms with Crippen molar-refractivity contribution in [2.75, 3.05) is 6.54 Å². The van der Waals surface area contributed by atoms with Crippen molar-refractivity contribution in [3.63, 3.8) is 0 Å². The lowest BCUT2D eigenvalue weighted by atomic mass is 10.3. The van der Waals surface area contributed by atoms with Crippen LogP contribution in [0.15, 0.2) is 17.1 Å². The first-order chi connectivity index (χ1) is 4.31. The highest BCUT2D eigenvalue weighted by molar-refractivity contribution is 5.32. The second kappa shape index (κ2) is 5.22. The summed E-state index contributed by atoms with van der Waals surface area (Å²) in [6.07, 6.45) is 3.95. The van der Waals surface area contributed by atoms with Crippen LogP contribution in [0.4, 0.5) is 0 Å². The van der Waals surface area contributed by atoms with E-state index in [1.54, 1.807) is 19.1 Å². The highest BCUT2D eigenvalue weighted by Crippen LogP contribution is 1.84. The quantitative estimate of drug-likeness (QED) is 0.336. The second-order valence-electron chi connectivity index (χ2n) is 1.53. The van der Waals surface area contributed by atoms with Gasteiger partial charge < -0.3 is 5.11 Å². The number of rotatable bonds is 3. The predicted molar refractivity (Wildman–Crippen MR) is 33.8 cm³/mol. The normalized spacial score (nSPS) is 13.1. The zero-order valence-electron chi connectivity index (χ0n) is 5.24. The molecule has 0 aliphatic carbocycles. The van der Waals surface area contributed by atoms with Crippen LogP contribution >= 0.6 is 0 Å². The first-order valence-corrected chi connectivity index (χ1v) is 2.65. The van der Waals surface area contributed by atoms with E-state index < -0.39 is 6.10 Å². The molecule has 0 spiro atoms. The maximum absolute atomic E-state index is 9.49. The first kappa shape index (κ1) is 8.08. The Hall–Kier alpha value is -0.920. The van der Waals surface area contributed by atoms with Gasteiger partial charge >= 0.3 is 0 Å². The van der Waals surface area contributed by atoms with Crippen molar-refractivity contribution in [2.24, 2.45) is 4.99 Å². The summed E-state index contributed by atoms with van der Waals surface area (Å²) >= 11 is 0. The standard InChI is InChI=1S/C6H9NO2/c1-2-3-6(9)4-7-5-8/h2-3,6,9H,4H2,1H3. The zero-order valence-corrected chi connectivity index (χ0v) is 5.24. The van der Waals surface area contributed by atoms with Crippen molar-refractivity contribution in [1.29, 1.82) is 0 Å². The van der Waals surface area contributed by atoms with Gasteiger partial charge in [0.25, 0.3) is 0 Å². The van der Waals surface area contributed by atoms with Crippen LogP contribution in [-0.4, -0.2) is 23.8 Å². The molecule has 0 bridgehead atoms. The molecule has 0 aromatic rings. The summed E-state index contributed by atoms with van der Waals surface area (Å²) in [5.74, 6) is 0. The molecule has 1 unspecified atom stereocenters. The van der Waals surface area contributed by atoms with Gasteiger partial charge in [-0.3, -0.25) is 0 Å². The van der Waals surface area contributed by atoms with Crippen molar-refractivity contribution < 1.29 is 9.90 Å². The Morgan fingerprint density at radius 2 is 2.56 bits per heavy atom. The van der Waals surface area contributed by atoms with E-state index in [0.29, 0.717) is 0 Å². The van der Waals surface area contributed by atoms with Crippen LogP contribution in [0.25, 0.3) is 0 Å². The molecular weight excluding hydrogens is 118 g/mol. The van der Waals surface area contributed by atoms with Gasteiger partial charge in [-0.05, 0) is 6.92 Å². The van der Waals surface area contributed by atoms with Crippen molar-refractivity contribution >= 4 is 6.08 Å². The van der Waals surface area contributed by atoms with Gasteiger partial charge in [0.05, 0.1) is 12.6 Å². The molecule has 1 N–H and O–H groups in total. The van der Waals surface area contributed by atoms with Crippen molar-refractivity contribution in [3.05, 3.63) is 12.2 Å². The van der Waals surface area contributed by atoms with Crippen LogP contribution in [0.5, 0.6) is 0 Å². The average molecular weight is 127 g/mol. The fraction of sp³-hybridized carbons (Fsp3) is 0.500. The van der Waals surface area contributed by atoms with E-state index in [0.717, 1.165) is 0 Å². The molecule has 0 saturated carbocycles. The van der Waals surface area contributed by atoms with E-state index in [9.17, 15) is 4.79 Å². The molecule has 0 heterocycles. The second-order valence-corrected chi connectivity index (χ2v) is 1.53. The molecule has 50 valence electrons. The lowest BCUT2D eigenvalue weighted by molar-refractivity contribution is 0.232. The molecule has 0 aliphatic rings. The van der Waals surface area contributed by atoms with E-state index in [1.165, 1.54) is 6.08 Å². The summed E-state index contributed by atoms with van der Waals surface area (Å²) < 4.78 is 0. The SMILES string of the molecule is CC=CC(O)CN=C=O. The number of isocyanates is 1. The Balaban J connectivity index is 3.49. The fourth-order valence-electron chi connectivity index (χ4n) is 0.414. The number of aliphatic imine (C=N–C) groups is 1. The largest absolute Gasteiger partial charge is 0.387 e. The molecule has 0 aromatic carbocycles. The molecule has 9 heavy (non-hydrogen) atoms. The number of allylic oxidation sites excluding steroid dienone is 1. The number of carbonyl (C=O) groups excluding carboxylic acids is 1. The maximum Gasteiger partial charge on any atom is 0.235 e. The number of aliphatic hydroxyl groups is 1. The summed E-state index contributed by atoms with van der Waals surface area (Å²) in [5, 5.41) is 8.82. The third kappa shape index (κ3) is 4.94. The molecule has 0 aromatic heterocycles. The molecule has 0 radical (unpaired) electrons. The molecule has 0 rings (SSSR count). The van der Waals surface area contributed by atoms with Crippen molar-refractivity contribution in [2.45, 2.75) is 13.0 Å². The molecule has 3 nitrogen and oxygen atoms in total. The van der Waals surface area contributed by atoms with E-state index in [4.69, 9.17) is 5.11 Å². The molecular formula is C6H9NO2. The van der Waals surface area contributed by atoms with Gasteiger partial charge in [0.1, 0.15) is 0 Å². The predicted octanol–water partition coefficient (Wildman–Crippen LogP) is 0.259. The molecule has 0 saturated heterocycles. The van der Waals surface area contributed by atoms with Crippen LogP contribution in [0.2, 0.25) is 0 Å². The minimum atomic E-state index is -0.642. The summed E-state index contributed by atoms with van der Waals surface area (Å²) in [7, 11) is 0. The van der Waals surface area contributed by atoms with Gasteiger partial charge in [-0.15, -0.1) is 0 Å². The van der Waals surface area contributed by atoms with Gasteiger partial charge in [-0.1, -0.05) is 12.2 Å². The van der Waals surface area contributed by atoms with Crippen LogP contribution in [0.1, 0.15) is 6.92 Å². The zero-order chi connectivity index (χ0) is 7.11. The summed E-state index contributed by atoms with van der Waals surface area (Å²) in [5.41, 5.74) is 0. The Morgan fingerprint density at radius 3 is 3.00 bits per heavy atom. The smallest absolute Gasteiger partial charge is 0.235 e. The van der Waals surface area contributed by atoms with Gasteiger partial charge in [0.15, 0.2) is 0 Å². The Morgan fingerprint density at radius 1 is 1.89 bits per heavy atom.